The number of rotatable bonds is 4. The Balaban J connectivity index is 2.83. The highest BCUT2D eigenvalue weighted by molar-refractivity contribution is 5.15. The highest BCUT2D eigenvalue weighted by Crippen LogP contribution is 2.08. The topological polar surface area (TPSA) is 47.0 Å². The molecule has 13 heavy (non-hydrogen) atoms. The number of ether oxygens (including phenoxy) is 1. The molecule has 0 aliphatic carbocycles. The van der Waals surface area contributed by atoms with Crippen molar-refractivity contribution in [3.63, 3.8) is 0 Å². The van der Waals surface area contributed by atoms with E-state index in [9.17, 15) is 0 Å². The predicted octanol–water partition coefficient (Wildman–Crippen LogP) is 0.903. The lowest BCUT2D eigenvalue weighted by Crippen LogP contribution is -2.09. The molecule has 1 heterocycles. The molecule has 1 aromatic rings. The normalized spacial score (nSPS) is 10.1. The van der Waals surface area contributed by atoms with Crippen molar-refractivity contribution in [1.29, 1.82) is 0 Å². The highest BCUT2D eigenvalue weighted by Gasteiger charge is 2.00. The van der Waals surface area contributed by atoms with E-state index in [2.05, 4.69) is 15.3 Å². The molecule has 1 rings (SSSR count). The lowest BCUT2D eigenvalue weighted by molar-refractivity contribution is 0.324. The van der Waals surface area contributed by atoms with Gasteiger partial charge in [-0.1, -0.05) is 0 Å². The van der Waals surface area contributed by atoms with Crippen molar-refractivity contribution in [3.05, 3.63) is 17.6 Å². The molecule has 0 amide bonds. The van der Waals surface area contributed by atoms with E-state index in [0.29, 0.717) is 12.5 Å². The van der Waals surface area contributed by atoms with Gasteiger partial charge in [0.2, 0.25) is 5.88 Å². The SMILES string of the molecule is CCOc1cc(CNC)nc(C)n1. The molecule has 0 aliphatic heterocycles. The van der Waals surface area contributed by atoms with Crippen molar-refractivity contribution in [1.82, 2.24) is 15.3 Å². The van der Waals surface area contributed by atoms with Gasteiger partial charge >= 0.3 is 0 Å². The minimum absolute atomic E-state index is 0.634. The summed E-state index contributed by atoms with van der Waals surface area (Å²) in [4.78, 5) is 8.40. The zero-order chi connectivity index (χ0) is 9.68. The molecule has 0 fully saturated rings. The first-order chi connectivity index (χ1) is 6.26. The summed E-state index contributed by atoms with van der Waals surface area (Å²) in [7, 11) is 1.89. The van der Waals surface area contributed by atoms with Gasteiger partial charge in [-0.3, -0.25) is 0 Å². The molecule has 0 bridgehead atoms. The van der Waals surface area contributed by atoms with Gasteiger partial charge in [0.1, 0.15) is 5.82 Å². The summed E-state index contributed by atoms with van der Waals surface area (Å²) in [6.07, 6.45) is 0. The molecule has 1 aromatic heterocycles. The Morgan fingerprint density at radius 3 is 2.85 bits per heavy atom. The number of hydrogen-bond donors (Lipinski definition) is 1. The fourth-order valence-electron chi connectivity index (χ4n) is 1.09. The summed E-state index contributed by atoms with van der Waals surface area (Å²) >= 11 is 0. The van der Waals surface area contributed by atoms with Gasteiger partial charge in [0, 0.05) is 12.6 Å². The van der Waals surface area contributed by atoms with Crippen molar-refractivity contribution in [3.8, 4) is 5.88 Å². The van der Waals surface area contributed by atoms with Crippen molar-refractivity contribution in [2.75, 3.05) is 13.7 Å². The van der Waals surface area contributed by atoms with E-state index in [4.69, 9.17) is 4.74 Å². The summed E-state index contributed by atoms with van der Waals surface area (Å²) in [5, 5.41) is 3.03. The first kappa shape index (κ1) is 9.92. The summed E-state index contributed by atoms with van der Waals surface area (Å²) in [6.45, 7) is 5.18. The van der Waals surface area contributed by atoms with Crippen molar-refractivity contribution in [2.24, 2.45) is 0 Å². The van der Waals surface area contributed by atoms with Gasteiger partial charge in [0.05, 0.1) is 12.3 Å². The molecule has 4 nitrogen and oxygen atoms in total. The average molecular weight is 181 g/mol. The predicted molar refractivity (Wildman–Crippen MR) is 50.7 cm³/mol. The molecule has 4 heteroatoms. The van der Waals surface area contributed by atoms with Crippen LogP contribution in [0.4, 0.5) is 0 Å². The zero-order valence-electron chi connectivity index (χ0n) is 8.29. The lowest BCUT2D eigenvalue weighted by atomic mass is 10.4. The lowest BCUT2D eigenvalue weighted by Gasteiger charge is -2.05. The maximum Gasteiger partial charge on any atom is 0.216 e. The summed E-state index contributed by atoms with van der Waals surface area (Å²) in [5.74, 6) is 1.40. The van der Waals surface area contributed by atoms with Gasteiger partial charge in [0.15, 0.2) is 0 Å². The number of aryl methyl sites for hydroxylation is 1. The zero-order valence-corrected chi connectivity index (χ0v) is 8.29. The quantitative estimate of drug-likeness (QED) is 0.749. The maximum absolute atomic E-state index is 5.29. The third-order valence-electron chi connectivity index (χ3n) is 1.52. The molecule has 0 unspecified atom stereocenters. The molecule has 72 valence electrons. The van der Waals surface area contributed by atoms with E-state index >= 15 is 0 Å². The van der Waals surface area contributed by atoms with Gasteiger partial charge < -0.3 is 10.1 Å². The van der Waals surface area contributed by atoms with Crippen molar-refractivity contribution >= 4 is 0 Å². The molecule has 0 saturated carbocycles. The second-order valence-electron chi connectivity index (χ2n) is 2.71. The summed E-state index contributed by atoms with van der Waals surface area (Å²) in [6, 6.07) is 1.85. The van der Waals surface area contributed by atoms with Crippen LogP contribution in [0.2, 0.25) is 0 Å². The third-order valence-corrected chi connectivity index (χ3v) is 1.52. The van der Waals surface area contributed by atoms with Crippen LogP contribution in [-0.2, 0) is 6.54 Å². The molecule has 0 saturated heterocycles. The van der Waals surface area contributed by atoms with Crippen LogP contribution in [0.25, 0.3) is 0 Å². The van der Waals surface area contributed by atoms with Crippen LogP contribution in [0.3, 0.4) is 0 Å². The second-order valence-corrected chi connectivity index (χ2v) is 2.71. The molecule has 0 aliphatic rings. The van der Waals surface area contributed by atoms with E-state index in [0.717, 1.165) is 18.1 Å². The van der Waals surface area contributed by atoms with Crippen LogP contribution in [0.5, 0.6) is 5.88 Å². The van der Waals surface area contributed by atoms with E-state index in [1.807, 2.05) is 27.0 Å². The third kappa shape index (κ3) is 2.99. The molecule has 0 radical (unpaired) electrons. The maximum atomic E-state index is 5.29. The van der Waals surface area contributed by atoms with Crippen LogP contribution < -0.4 is 10.1 Å². The van der Waals surface area contributed by atoms with Crippen LogP contribution >= 0.6 is 0 Å². The molecule has 0 spiro atoms. The van der Waals surface area contributed by atoms with Gasteiger partial charge in [-0.2, -0.15) is 4.98 Å². The van der Waals surface area contributed by atoms with Gasteiger partial charge in [-0.25, -0.2) is 4.98 Å². The summed E-state index contributed by atoms with van der Waals surface area (Å²) < 4.78 is 5.29. The fourth-order valence-corrected chi connectivity index (χ4v) is 1.09. The Labute approximate surface area is 78.4 Å². The number of nitrogens with zero attached hydrogens (tertiary/aromatic N) is 2. The van der Waals surface area contributed by atoms with E-state index < -0.39 is 0 Å². The molecular formula is C9H15N3O. The Morgan fingerprint density at radius 2 is 2.23 bits per heavy atom. The van der Waals surface area contributed by atoms with Crippen LogP contribution in [-0.4, -0.2) is 23.6 Å². The van der Waals surface area contributed by atoms with Crippen molar-refractivity contribution < 1.29 is 4.74 Å². The van der Waals surface area contributed by atoms with E-state index in [1.165, 1.54) is 0 Å². The van der Waals surface area contributed by atoms with Gasteiger partial charge in [0.25, 0.3) is 0 Å². The fraction of sp³-hybridized carbons (Fsp3) is 0.556. The van der Waals surface area contributed by atoms with Crippen LogP contribution in [0.1, 0.15) is 18.4 Å². The molecule has 1 N–H and O–H groups in total. The second kappa shape index (κ2) is 4.77. The summed E-state index contributed by atoms with van der Waals surface area (Å²) in [5.41, 5.74) is 0.957. The van der Waals surface area contributed by atoms with Crippen LogP contribution in [0, 0.1) is 6.92 Å². The Bertz CT molecular complexity index is 251. The molecule has 0 atom stereocenters. The minimum Gasteiger partial charge on any atom is -0.478 e. The first-order valence-electron chi connectivity index (χ1n) is 4.38. The largest absolute Gasteiger partial charge is 0.478 e. The highest BCUT2D eigenvalue weighted by atomic mass is 16.5. The monoisotopic (exact) mass is 181 g/mol. The van der Waals surface area contributed by atoms with E-state index in [-0.39, 0.29) is 0 Å². The van der Waals surface area contributed by atoms with Gasteiger partial charge in [-0.05, 0) is 20.9 Å². The Morgan fingerprint density at radius 1 is 1.46 bits per heavy atom. The molecular weight excluding hydrogens is 166 g/mol. The van der Waals surface area contributed by atoms with Crippen molar-refractivity contribution in [2.45, 2.75) is 20.4 Å². The Hall–Kier alpha value is -1.16. The molecule has 0 aromatic carbocycles. The first-order valence-corrected chi connectivity index (χ1v) is 4.38. The van der Waals surface area contributed by atoms with E-state index in [1.54, 1.807) is 0 Å². The van der Waals surface area contributed by atoms with Crippen LogP contribution in [0.15, 0.2) is 6.07 Å². The number of hydrogen-bond acceptors (Lipinski definition) is 4. The smallest absolute Gasteiger partial charge is 0.216 e. The standard InChI is InChI=1S/C9H15N3O/c1-4-13-9-5-8(6-10-3)11-7(2)12-9/h5,10H,4,6H2,1-3H3. The number of nitrogens with one attached hydrogen (secondary N) is 1. The average Bonchev–Trinajstić information content (AvgIpc) is 2.04. The minimum atomic E-state index is 0.634. The number of aromatic nitrogens is 2. The van der Waals surface area contributed by atoms with Gasteiger partial charge in [-0.15, -0.1) is 0 Å². The Kier molecular flexibility index (Phi) is 3.64.